The van der Waals surface area contributed by atoms with Crippen LogP contribution in [0.25, 0.3) is 0 Å². The molecule has 0 heterocycles. The summed E-state index contributed by atoms with van der Waals surface area (Å²) in [6.45, 7) is 14.4. The number of carbonyl (C=O) groups is 1. The summed E-state index contributed by atoms with van der Waals surface area (Å²) >= 11 is 0. The summed E-state index contributed by atoms with van der Waals surface area (Å²) in [5.74, 6) is 0.705. The van der Waals surface area contributed by atoms with Gasteiger partial charge in [-0.3, -0.25) is 4.79 Å². The zero-order chi connectivity index (χ0) is 34.3. The van der Waals surface area contributed by atoms with E-state index < -0.39 is 0 Å². The van der Waals surface area contributed by atoms with Gasteiger partial charge >= 0.3 is 0 Å². The van der Waals surface area contributed by atoms with E-state index in [1.165, 1.54) is 19.3 Å². The standard InChI is InChI=1S/C35H62O13/c1-2-3-4-5-10-37-11-12-38-13-14-39-15-16-40-17-18-41-19-20-42-21-22-43-23-24-44-25-26-45-27-28-46-29-30-47-31-32-48-35-8-6-34(33-36)7-9-35/h6-9,33H,2-5,10-32H2,1H3. The Morgan fingerprint density at radius 2 is 0.667 bits per heavy atom. The highest BCUT2D eigenvalue weighted by Crippen LogP contribution is 2.10. The lowest BCUT2D eigenvalue weighted by molar-refractivity contribution is -0.0277. The first-order chi connectivity index (χ1) is 23.9. The third-order valence-electron chi connectivity index (χ3n) is 6.37. The van der Waals surface area contributed by atoms with Crippen molar-refractivity contribution < 1.29 is 61.6 Å². The fourth-order valence-electron chi connectivity index (χ4n) is 3.79. The molecule has 0 atom stereocenters. The number of aldehydes is 1. The Hall–Kier alpha value is -1.75. The Kier molecular flexibility index (Phi) is 35.1. The maximum Gasteiger partial charge on any atom is 0.150 e. The van der Waals surface area contributed by atoms with Gasteiger partial charge in [0.05, 0.1) is 139 Å². The molecule has 0 spiro atoms. The van der Waals surface area contributed by atoms with Gasteiger partial charge in [-0.2, -0.15) is 0 Å². The summed E-state index contributed by atoms with van der Waals surface area (Å²) in [4.78, 5) is 10.6. The highest BCUT2D eigenvalue weighted by atomic mass is 16.6. The monoisotopic (exact) mass is 690 g/mol. The first-order valence-corrected chi connectivity index (χ1v) is 17.4. The first-order valence-electron chi connectivity index (χ1n) is 17.4. The van der Waals surface area contributed by atoms with Gasteiger partial charge in [0.2, 0.25) is 0 Å². The van der Waals surface area contributed by atoms with Crippen LogP contribution in [0, 0.1) is 0 Å². The molecule has 48 heavy (non-hydrogen) atoms. The number of benzene rings is 1. The van der Waals surface area contributed by atoms with Crippen LogP contribution in [0.2, 0.25) is 0 Å². The van der Waals surface area contributed by atoms with E-state index >= 15 is 0 Å². The van der Waals surface area contributed by atoms with E-state index in [9.17, 15) is 4.79 Å². The van der Waals surface area contributed by atoms with Crippen LogP contribution in [-0.2, 0) is 52.1 Å². The number of hydrogen-bond acceptors (Lipinski definition) is 13. The van der Waals surface area contributed by atoms with E-state index in [1.54, 1.807) is 24.3 Å². The molecular formula is C35H62O13. The van der Waals surface area contributed by atoms with Crippen LogP contribution in [0.5, 0.6) is 5.75 Å². The number of hydrogen-bond donors (Lipinski definition) is 0. The molecule has 0 N–H and O–H groups in total. The lowest BCUT2D eigenvalue weighted by Crippen LogP contribution is -2.15. The molecule has 1 aromatic rings. The minimum absolute atomic E-state index is 0.432. The van der Waals surface area contributed by atoms with Crippen molar-refractivity contribution in [1.82, 2.24) is 0 Å². The van der Waals surface area contributed by atoms with Crippen LogP contribution >= 0.6 is 0 Å². The van der Waals surface area contributed by atoms with Gasteiger partial charge in [-0.05, 0) is 30.7 Å². The van der Waals surface area contributed by atoms with Crippen LogP contribution in [0.3, 0.4) is 0 Å². The molecule has 0 saturated carbocycles. The van der Waals surface area contributed by atoms with Crippen LogP contribution in [0.4, 0.5) is 0 Å². The molecule has 0 aromatic heterocycles. The van der Waals surface area contributed by atoms with Crippen molar-refractivity contribution in [2.24, 2.45) is 0 Å². The molecule has 0 amide bonds. The molecule has 1 rings (SSSR count). The summed E-state index contributed by atoms with van der Waals surface area (Å²) < 4.78 is 65.9. The van der Waals surface area contributed by atoms with Crippen molar-refractivity contribution >= 4 is 6.29 Å². The van der Waals surface area contributed by atoms with E-state index in [1.807, 2.05) is 0 Å². The number of ether oxygens (including phenoxy) is 12. The topological polar surface area (TPSA) is 128 Å². The quantitative estimate of drug-likeness (QED) is 0.0735. The summed E-state index contributed by atoms with van der Waals surface area (Å²) in [7, 11) is 0. The summed E-state index contributed by atoms with van der Waals surface area (Å²) in [5.41, 5.74) is 0.619. The highest BCUT2D eigenvalue weighted by molar-refractivity contribution is 5.74. The summed E-state index contributed by atoms with van der Waals surface area (Å²) in [6.07, 6.45) is 5.68. The van der Waals surface area contributed by atoms with Gasteiger partial charge in [-0.1, -0.05) is 26.2 Å². The SMILES string of the molecule is CCCCCCOCCOCCOCCOCCOCCOCCOCCOCCOCCOCCOCCOc1ccc(C=O)cc1. The molecule has 0 radical (unpaired) electrons. The predicted octanol–water partition coefficient (Wildman–Crippen LogP) is 3.64. The molecule has 0 saturated heterocycles. The lowest BCUT2D eigenvalue weighted by Gasteiger charge is -2.09. The van der Waals surface area contributed by atoms with E-state index in [0.717, 1.165) is 19.3 Å². The van der Waals surface area contributed by atoms with Crippen molar-refractivity contribution in [2.45, 2.75) is 32.6 Å². The van der Waals surface area contributed by atoms with E-state index in [4.69, 9.17) is 56.8 Å². The Labute approximate surface area is 288 Å². The summed E-state index contributed by atoms with van der Waals surface area (Å²) in [5, 5.41) is 0. The third kappa shape index (κ3) is 32.8. The van der Waals surface area contributed by atoms with Gasteiger partial charge in [0.25, 0.3) is 0 Å². The second-order valence-electron chi connectivity index (χ2n) is 10.3. The van der Waals surface area contributed by atoms with Crippen LogP contribution in [-0.4, -0.2) is 158 Å². The zero-order valence-corrected chi connectivity index (χ0v) is 29.3. The Bertz CT molecular complexity index is 769. The lowest BCUT2D eigenvalue weighted by atomic mass is 10.2. The average molecular weight is 691 g/mol. The molecule has 0 aliphatic carbocycles. The molecule has 1 aromatic carbocycles. The van der Waals surface area contributed by atoms with Gasteiger partial charge in [-0.25, -0.2) is 0 Å². The van der Waals surface area contributed by atoms with E-state index in [-0.39, 0.29) is 0 Å². The number of rotatable bonds is 40. The average Bonchev–Trinajstić information content (AvgIpc) is 3.11. The molecule has 13 nitrogen and oxygen atoms in total. The minimum Gasteiger partial charge on any atom is -0.491 e. The second-order valence-corrected chi connectivity index (χ2v) is 10.3. The van der Waals surface area contributed by atoms with Crippen LogP contribution in [0.15, 0.2) is 24.3 Å². The van der Waals surface area contributed by atoms with Gasteiger partial charge < -0.3 is 56.8 Å². The predicted molar refractivity (Wildman–Crippen MR) is 180 cm³/mol. The Morgan fingerprint density at radius 1 is 0.375 bits per heavy atom. The molecular weight excluding hydrogens is 628 g/mol. The van der Waals surface area contributed by atoms with E-state index in [0.29, 0.717) is 157 Å². The van der Waals surface area contributed by atoms with Gasteiger partial charge in [0.1, 0.15) is 18.6 Å². The van der Waals surface area contributed by atoms with Crippen LogP contribution in [0.1, 0.15) is 43.0 Å². The first kappa shape index (κ1) is 44.3. The van der Waals surface area contributed by atoms with Crippen LogP contribution < -0.4 is 4.74 Å². The molecule has 0 bridgehead atoms. The normalized spacial score (nSPS) is 11.4. The van der Waals surface area contributed by atoms with Gasteiger partial charge in [-0.15, -0.1) is 0 Å². The summed E-state index contributed by atoms with van der Waals surface area (Å²) in [6, 6.07) is 6.94. The Balaban J connectivity index is 1.63. The second kappa shape index (κ2) is 38.1. The smallest absolute Gasteiger partial charge is 0.150 e. The van der Waals surface area contributed by atoms with E-state index in [2.05, 4.69) is 6.92 Å². The largest absolute Gasteiger partial charge is 0.491 e. The minimum atomic E-state index is 0.432. The van der Waals surface area contributed by atoms with Crippen molar-refractivity contribution in [3.05, 3.63) is 29.8 Å². The van der Waals surface area contributed by atoms with Crippen molar-refractivity contribution in [3.8, 4) is 5.75 Å². The number of carbonyl (C=O) groups excluding carboxylic acids is 1. The molecule has 0 unspecified atom stereocenters. The molecule has 280 valence electrons. The third-order valence-corrected chi connectivity index (χ3v) is 6.37. The Morgan fingerprint density at radius 3 is 0.958 bits per heavy atom. The van der Waals surface area contributed by atoms with Crippen molar-refractivity contribution in [3.63, 3.8) is 0 Å². The maximum absolute atomic E-state index is 10.6. The van der Waals surface area contributed by atoms with Crippen molar-refractivity contribution in [2.75, 3.05) is 152 Å². The maximum atomic E-state index is 10.6. The fourth-order valence-corrected chi connectivity index (χ4v) is 3.79. The molecule has 13 heteroatoms. The highest BCUT2D eigenvalue weighted by Gasteiger charge is 1.98. The molecule has 0 aliphatic heterocycles. The number of unbranched alkanes of at least 4 members (excludes halogenated alkanes) is 3. The van der Waals surface area contributed by atoms with Crippen molar-refractivity contribution in [1.29, 1.82) is 0 Å². The zero-order valence-electron chi connectivity index (χ0n) is 29.3. The fraction of sp³-hybridized carbons (Fsp3) is 0.800. The molecule has 0 aliphatic rings. The van der Waals surface area contributed by atoms with Gasteiger partial charge in [0.15, 0.2) is 0 Å². The van der Waals surface area contributed by atoms with Gasteiger partial charge in [0, 0.05) is 12.2 Å². The molecule has 0 fully saturated rings.